The zero-order valence-corrected chi connectivity index (χ0v) is 13.1. The SMILES string of the molecule is CCn1cc(Cl)cc1C(=O)N(CCC(=O)O)C(C)(C)C. The van der Waals surface area contributed by atoms with Gasteiger partial charge in [0, 0.05) is 24.8 Å². The molecule has 0 bridgehead atoms. The van der Waals surface area contributed by atoms with Gasteiger partial charge in [-0.2, -0.15) is 0 Å². The third kappa shape index (κ3) is 4.00. The van der Waals surface area contributed by atoms with E-state index in [-0.39, 0.29) is 18.9 Å². The minimum Gasteiger partial charge on any atom is -0.481 e. The molecule has 0 saturated carbocycles. The zero-order valence-electron chi connectivity index (χ0n) is 12.3. The number of hydrogen-bond acceptors (Lipinski definition) is 2. The Balaban J connectivity index is 3.06. The van der Waals surface area contributed by atoms with Crippen molar-refractivity contribution in [2.24, 2.45) is 0 Å². The number of nitrogens with zero attached hydrogens (tertiary/aromatic N) is 2. The highest BCUT2D eigenvalue weighted by Crippen LogP contribution is 2.21. The number of halogens is 1. The van der Waals surface area contributed by atoms with Crippen molar-refractivity contribution < 1.29 is 14.7 Å². The second-order valence-electron chi connectivity index (χ2n) is 5.60. The van der Waals surface area contributed by atoms with Crippen LogP contribution in [0, 0.1) is 0 Å². The number of amides is 1. The van der Waals surface area contributed by atoms with Gasteiger partial charge in [0.15, 0.2) is 0 Å². The van der Waals surface area contributed by atoms with E-state index < -0.39 is 11.5 Å². The van der Waals surface area contributed by atoms with E-state index in [0.29, 0.717) is 17.3 Å². The molecule has 0 aliphatic carbocycles. The first-order valence-electron chi connectivity index (χ1n) is 6.56. The van der Waals surface area contributed by atoms with E-state index in [2.05, 4.69) is 0 Å². The predicted octanol–water partition coefficient (Wildman–Crippen LogP) is 2.88. The third-order valence-electron chi connectivity index (χ3n) is 3.03. The molecule has 1 aromatic rings. The quantitative estimate of drug-likeness (QED) is 0.909. The van der Waals surface area contributed by atoms with Crippen LogP contribution in [0.1, 0.15) is 44.6 Å². The molecule has 1 amide bonds. The van der Waals surface area contributed by atoms with Crippen molar-refractivity contribution in [1.29, 1.82) is 0 Å². The van der Waals surface area contributed by atoms with Gasteiger partial charge in [-0.25, -0.2) is 0 Å². The molecule has 20 heavy (non-hydrogen) atoms. The highest BCUT2D eigenvalue weighted by Gasteiger charge is 2.29. The van der Waals surface area contributed by atoms with Crippen LogP contribution in [0.3, 0.4) is 0 Å². The van der Waals surface area contributed by atoms with E-state index in [1.165, 1.54) is 0 Å². The molecule has 0 aliphatic heterocycles. The van der Waals surface area contributed by atoms with Crippen molar-refractivity contribution in [3.8, 4) is 0 Å². The van der Waals surface area contributed by atoms with Crippen LogP contribution < -0.4 is 0 Å². The Morgan fingerprint density at radius 2 is 2.00 bits per heavy atom. The lowest BCUT2D eigenvalue weighted by Gasteiger charge is -2.35. The summed E-state index contributed by atoms with van der Waals surface area (Å²) in [6, 6.07) is 1.62. The van der Waals surface area contributed by atoms with Gasteiger partial charge in [-0.1, -0.05) is 11.6 Å². The summed E-state index contributed by atoms with van der Waals surface area (Å²) in [6.07, 6.45) is 1.62. The van der Waals surface area contributed by atoms with Gasteiger partial charge in [-0.05, 0) is 33.8 Å². The van der Waals surface area contributed by atoms with Gasteiger partial charge in [-0.15, -0.1) is 0 Å². The Morgan fingerprint density at radius 3 is 2.45 bits per heavy atom. The largest absolute Gasteiger partial charge is 0.481 e. The molecule has 0 aliphatic rings. The summed E-state index contributed by atoms with van der Waals surface area (Å²) in [4.78, 5) is 25.0. The number of carboxylic acid groups (broad SMARTS) is 1. The fraction of sp³-hybridized carbons (Fsp3) is 0.571. The zero-order chi connectivity index (χ0) is 15.5. The van der Waals surface area contributed by atoms with Crippen molar-refractivity contribution in [3.05, 3.63) is 23.0 Å². The standard InChI is InChI=1S/C14H21ClN2O3/c1-5-16-9-10(15)8-11(16)13(20)17(14(2,3)4)7-6-12(18)19/h8-9H,5-7H2,1-4H3,(H,18,19). The van der Waals surface area contributed by atoms with Gasteiger partial charge in [0.1, 0.15) is 5.69 Å². The summed E-state index contributed by atoms with van der Waals surface area (Å²) in [5, 5.41) is 9.32. The van der Waals surface area contributed by atoms with Crippen LogP contribution in [0.4, 0.5) is 0 Å². The summed E-state index contributed by atoms with van der Waals surface area (Å²) in [6.45, 7) is 8.37. The maximum atomic E-state index is 12.7. The topological polar surface area (TPSA) is 62.5 Å². The first kappa shape index (κ1) is 16.6. The molecular weight excluding hydrogens is 280 g/mol. The number of carbonyl (C=O) groups excluding carboxylic acids is 1. The van der Waals surface area contributed by atoms with Gasteiger partial charge in [0.25, 0.3) is 5.91 Å². The Kier molecular flexibility index (Phi) is 5.22. The van der Waals surface area contributed by atoms with Crippen LogP contribution in [0.25, 0.3) is 0 Å². The van der Waals surface area contributed by atoms with E-state index in [1.54, 1.807) is 21.7 Å². The van der Waals surface area contributed by atoms with Gasteiger partial charge in [0.2, 0.25) is 0 Å². The van der Waals surface area contributed by atoms with Gasteiger partial charge < -0.3 is 14.6 Å². The number of aromatic nitrogens is 1. The second-order valence-corrected chi connectivity index (χ2v) is 6.04. The van der Waals surface area contributed by atoms with Crippen LogP contribution >= 0.6 is 11.6 Å². The van der Waals surface area contributed by atoms with Crippen LogP contribution in [-0.2, 0) is 11.3 Å². The molecule has 0 atom stereocenters. The van der Waals surface area contributed by atoms with E-state index in [1.807, 2.05) is 27.7 Å². The highest BCUT2D eigenvalue weighted by atomic mass is 35.5. The minimum absolute atomic E-state index is 0.0798. The van der Waals surface area contributed by atoms with Crippen molar-refractivity contribution in [2.45, 2.75) is 46.2 Å². The second kappa shape index (κ2) is 6.31. The maximum Gasteiger partial charge on any atom is 0.305 e. The maximum absolute atomic E-state index is 12.7. The summed E-state index contributed by atoms with van der Waals surface area (Å²) in [5.74, 6) is -1.12. The van der Waals surface area contributed by atoms with E-state index in [4.69, 9.17) is 16.7 Å². The van der Waals surface area contributed by atoms with Crippen LogP contribution in [0.5, 0.6) is 0 Å². The molecular formula is C14H21ClN2O3. The van der Waals surface area contributed by atoms with E-state index >= 15 is 0 Å². The average Bonchev–Trinajstić information content (AvgIpc) is 2.68. The van der Waals surface area contributed by atoms with Crippen LogP contribution in [0.2, 0.25) is 5.02 Å². The molecule has 112 valence electrons. The Morgan fingerprint density at radius 1 is 1.40 bits per heavy atom. The van der Waals surface area contributed by atoms with Gasteiger partial charge in [0.05, 0.1) is 11.4 Å². The summed E-state index contributed by atoms with van der Waals surface area (Å²) < 4.78 is 1.77. The molecule has 1 aromatic heterocycles. The normalized spacial score (nSPS) is 11.4. The summed E-state index contributed by atoms with van der Waals surface area (Å²) in [7, 11) is 0. The van der Waals surface area contributed by atoms with Crippen molar-refractivity contribution in [1.82, 2.24) is 9.47 Å². The Hall–Kier alpha value is -1.49. The smallest absolute Gasteiger partial charge is 0.305 e. The molecule has 0 aromatic carbocycles. The number of rotatable bonds is 5. The number of hydrogen-bond donors (Lipinski definition) is 1. The number of carboxylic acids is 1. The molecule has 0 fully saturated rings. The Bertz CT molecular complexity index is 503. The molecule has 0 radical (unpaired) electrons. The van der Waals surface area contributed by atoms with Crippen molar-refractivity contribution in [3.63, 3.8) is 0 Å². The molecule has 1 heterocycles. The fourth-order valence-corrected chi connectivity index (χ4v) is 2.22. The molecule has 1 N–H and O–H groups in total. The van der Waals surface area contributed by atoms with Crippen molar-refractivity contribution in [2.75, 3.05) is 6.54 Å². The Labute approximate surface area is 124 Å². The lowest BCUT2D eigenvalue weighted by atomic mass is 10.0. The molecule has 0 spiro atoms. The van der Waals surface area contributed by atoms with E-state index in [0.717, 1.165) is 0 Å². The number of aliphatic carboxylic acids is 1. The minimum atomic E-state index is -0.920. The third-order valence-corrected chi connectivity index (χ3v) is 3.23. The van der Waals surface area contributed by atoms with Gasteiger partial charge >= 0.3 is 5.97 Å². The van der Waals surface area contributed by atoms with Gasteiger partial charge in [-0.3, -0.25) is 9.59 Å². The highest BCUT2D eigenvalue weighted by molar-refractivity contribution is 6.31. The van der Waals surface area contributed by atoms with E-state index in [9.17, 15) is 9.59 Å². The van der Waals surface area contributed by atoms with Crippen LogP contribution in [0.15, 0.2) is 12.3 Å². The lowest BCUT2D eigenvalue weighted by Crippen LogP contribution is -2.47. The van der Waals surface area contributed by atoms with Crippen LogP contribution in [-0.4, -0.2) is 38.5 Å². The molecule has 5 nitrogen and oxygen atoms in total. The number of aryl methyl sites for hydroxylation is 1. The number of carbonyl (C=O) groups is 2. The average molecular weight is 301 g/mol. The predicted molar refractivity (Wildman–Crippen MR) is 78.2 cm³/mol. The summed E-state index contributed by atoms with van der Waals surface area (Å²) in [5.41, 5.74) is 0.0276. The van der Waals surface area contributed by atoms with Crippen molar-refractivity contribution >= 4 is 23.5 Å². The molecule has 0 unspecified atom stereocenters. The molecule has 1 rings (SSSR count). The molecule has 6 heteroatoms. The molecule has 0 saturated heterocycles. The monoisotopic (exact) mass is 300 g/mol. The lowest BCUT2D eigenvalue weighted by molar-refractivity contribution is -0.137. The first-order chi connectivity index (χ1) is 9.16. The first-order valence-corrected chi connectivity index (χ1v) is 6.94. The fourth-order valence-electron chi connectivity index (χ4n) is 2.00. The summed E-state index contributed by atoms with van der Waals surface area (Å²) >= 11 is 5.95.